The van der Waals surface area contributed by atoms with Crippen molar-refractivity contribution in [3.8, 4) is 0 Å². The second-order valence-electron chi connectivity index (χ2n) is 4.77. The molecule has 5 heteroatoms. The van der Waals surface area contributed by atoms with E-state index in [-0.39, 0.29) is 11.3 Å². The average molecular weight is 273 g/mol. The molecule has 1 aliphatic rings. The lowest BCUT2D eigenvalue weighted by Crippen LogP contribution is -2.44. The summed E-state index contributed by atoms with van der Waals surface area (Å²) in [7, 11) is -3.22. The van der Waals surface area contributed by atoms with Gasteiger partial charge < -0.3 is 5.73 Å². The topological polar surface area (TPSA) is 60.2 Å². The zero-order chi connectivity index (χ0) is 12.5. The normalized spacial score (nSPS) is 30.4. The Morgan fingerprint density at radius 3 is 2.82 bits per heavy atom. The molecule has 2 rings (SSSR count). The summed E-state index contributed by atoms with van der Waals surface area (Å²) in [6.45, 7) is 2.12. The fraction of sp³-hybridized carbons (Fsp3) is 0.667. The van der Waals surface area contributed by atoms with E-state index >= 15 is 0 Å². The van der Waals surface area contributed by atoms with Crippen molar-refractivity contribution in [3.63, 3.8) is 0 Å². The van der Waals surface area contributed by atoms with Crippen LogP contribution in [-0.4, -0.2) is 19.7 Å². The van der Waals surface area contributed by atoms with Crippen molar-refractivity contribution >= 4 is 21.2 Å². The molecule has 1 fully saturated rings. The summed E-state index contributed by atoms with van der Waals surface area (Å²) in [5.74, 6) is 0.509. The predicted octanol–water partition coefficient (Wildman–Crippen LogP) is 2.43. The number of sulfone groups is 1. The van der Waals surface area contributed by atoms with Crippen LogP contribution in [0.15, 0.2) is 21.7 Å². The van der Waals surface area contributed by atoms with Gasteiger partial charge in [0.05, 0.1) is 5.25 Å². The molecule has 1 aromatic rings. The minimum absolute atomic E-state index is 0.204. The second-order valence-corrected chi connectivity index (χ2v) is 8.11. The standard InChI is InChI=1S/C12H19NO2S2/c1-2-9-5-6-10(13)11(8-9)17(14,15)12-4-3-7-16-12/h3-4,7,9-11H,2,5-6,8,13H2,1H3. The number of hydrogen-bond donors (Lipinski definition) is 1. The van der Waals surface area contributed by atoms with Crippen molar-refractivity contribution in [2.45, 2.75) is 48.1 Å². The Labute approximate surface area is 107 Å². The molecule has 1 saturated carbocycles. The Morgan fingerprint density at radius 1 is 1.47 bits per heavy atom. The molecular formula is C12H19NO2S2. The van der Waals surface area contributed by atoms with Crippen LogP contribution in [0.1, 0.15) is 32.6 Å². The molecule has 17 heavy (non-hydrogen) atoms. The molecule has 2 N–H and O–H groups in total. The quantitative estimate of drug-likeness (QED) is 0.920. The highest BCUT2D eigenvalue weighted by Crippen LogP contribution is 2.34. The first-order chi connectivity index (χ1) is 8.05. The lowest BCUT2D eigenvalue weighted by atomic mass is 9.84. The minimum Gasteiger partial charge on any atom is -0.327 e. The third-order valence-electron chi connectivity index (χ3n) is 3.70. The minimum atomic E-state index is -3.22. The van der Waals surface area contributed by atoms with Crippen LogP contribution in [0.3, 0.4) is 0 Å². The summed E-state index contributed by atoms with van der Waals surface area (Å²) in [5, 5.41) is 1.42. The maximum Gasteiger partial charge on any atom is 0.192 e. The highest BCUT2D eigenvalue weighted by molar-refractivity contribution is 7.94. The Morgan fingerprint density at radius 2 is 2.24 bits per heavy atom. The van der Waals surface area contributed by atoms with Gasteiger partial charge >= 0.3 is 0 Å². The van der Waals surface area contributed by atoms with E-state index in [4.69, 9.17) is 5.73 Å². The molecule has 3 unspecified atom stereocenters. The van der Waals surface area contributed by atoms with E-state index in [2.05, 4.69) is 6.92 Å². The van der Waals surface area contributed by atoms with Gasteiger partial charge in [0.1, 0.15) is 4.21 Å². The highest BCUT2D eigenvalue weighted by atomic mass is 32.2. The fourth-order valence-electron chi connectivity index (χ4n) is 2.54. The van der Waals surface area contributed by atoms with Crippen LogP contribution in [0, 0.1) is 5.92 Å². The van der Waals surface area contributed by atoms with Crippen LogP contribution in [0.2, 0.25) is 0 Å². The number of thiophene rings is 1. The smallest absolute Gasteiger partial charge is 0.192 e. The van der Waals surface area contributed by atoms with Gasteiger partial charge in [-0.05, 0) is 36.6 Å². The molecule has 0 aromatic carbocycles. The van der Waals surface area contributed by atoms with E-state index in [9.17, 15) is 8.42 Å². The molecule has 3 nitrogen and oxygen atoms in total. The predicted molar refractivity (Wildman–Crippen MR) is 70.9 cm³/mol. The molecule has 1 aromatic heterocycles. The molecule has 0 aliphatic heterocycles. The molecule has 1 aliphatic carbocycles. The summed E-state index contributed by atoms with van der Waals surface area (Å²) in [6, 6.07) is 3.26. The van der Waals surface area contributed by atoms with Gasteiger partial charge in [-0.3, -0.25) is 0 Å². The first-order valence-corrected chi connectivity index (χ1v) is 8.51. The van der Waals surface area contributed by atoms with Gasteiger partial charge in [0.25, 0.3) is 0 Å². The zero-order valence-corrected chi connectivity index (χ0v) is 11.6. The molecule has 96 valence electrons. The van der Waals surface area contributed by atoms with E-state index in [0.717, 1.165) is 25.7 Å². The van der Waals surface area contributed by atoms with Crippen LogP contribution >= 0.6 is 11.3 Å². The number of rotatable bonds is 3. The largest absolute Gasteiger partial charge is 0.327 e. The number of nitrogens with two attached hydrogens (primary N) is 1. The van der Waals surface area contributed by atoms with E-state index in [0.29, 0.717) is 10.1 Å². The van der Waals surface area contributed by atoms with Crippen LogP contribution in [0.5, 0.6) is 0 Å². The van der Waals surface area contributed by atoms with E-state index in [1.807, 2.05) is 0 Å². The van der Waals surface area contributed by atoms with Crippen molar-refractivity contribution < 1.29 is 8.42 Å². The van der Waals surface area contributed by atoms with Crippen LogP contribution in [0.4, 0.5) is 0 Å². The zero-order valence-electron chi connectivity index (χ0n) is 10.0. The van der Waals surface area contributed by atoms with Gasteiger partial charge in [-0.1, -0.05) is 19.4 Å². The van der Waals surface area contributed by atoms with Crippen molar-refractivity contribution in [2.24, 2.45) is 11.7 Å². The van der Waals surface area contributed by atoms with Crippen LogP contribution in [0.25, 0.3) is 0 Å². The van der Waals surface area contributed by atoms with E-state index in [1.54, 1.807) is 17.5 Å². The molecular weight excluding hydrogens is 254 g/mol. The Balaban J connectivity index is 2.26. The molecule has 0 spiro atoms. The Bertz CT molecular complexity index is 453. The van der Waals surface area contributed by atoms with Gasteiger partial charge in [-0.2, -0.15) is 0 Å². The van der Waals surface area contributed by atoms with Gasteiger partial charge in [0.15, 0.2) is 9.84 Å². The first kappa shape index (κ1) is 13.1. The number of hydrogen-bond acceptors (Lipinski definition) is 4. The average Bonchev–Trinajstić information content (AvgIpc) is 2.83. The summed E-state index contributed by atoms with van der Waals surface area (Å²) in [5.41, 5.74) is 6.01. The molecule has 0 saturated heterocycles. The lowest BCUT2D eigenvalue weighted by Gasteiger charge is -2.32. The molecule has 0 radical (unpaired) electrons. The second kappa shape index (κ2) is 5.08. The Kier molecular flexibility index (Phi) is 3.90. The summed E-state index contributed by atoms with van der Waals surface area (Å²) in [4.78, 5) is 0. The third kappa shape index (κ3) is 2.56. The van der Waals surface area contributed by atoms with E-state index < -0.39 is 9.84 Å². The van der Waals surface area contributed by atoms with Gasteiger partial charge in [-0.15, -0.1) is 11.3 Å². The lowest BCUT2D eigenvalue weighted by molar-refractivity contribution is 0.319. The van der Waals surface area contributed by atoms with Crippen molar-refractivity contribution in [1.29, 1.82) is 0 Å². The van der Waals surface area contributed by atoms with Crippen molar-refractivity contribution in [2.75, 3.05) is 0 Å². The summed E-state index contributed by atoms with van der Waals surface area (Å²) < 4.78 is 25.4. The maximum atomic E-state index is 12.5. The maximum absolute atomic E-state index is 12.5. The van der Waals surface area contributed by atoms with Crippen LogP contribution in [-0.2, 0) is 9.84 Å². The molecule has 0 amide bonds. The first-order valence-electron chi connectivity index (χ1n) is 6.08. The third-order valence-corrected chi connectivity index (χ3v) is 7.39. The SMILES string of the molecule is CCC1CCC(N)C(S(=O)(=O)c2cccs2)C1. The molecule has 3 atom stereocenters. The van der Waals surface area contributed by atoms with Gasteiger partial charge in [-0.25, -0.2) is 8.42 Å². The summed E-state index contributed by atoms with van der Waals surface area (Å²) >= 11 is 1.29. The van der Waals surface area contributed by atoms with E-state index in [1.165, 1.54) is 11.3 Å². The summed E-state index contributed by atoms with van der Waals surface area (Å²) in [6.07, 6.45) is 3.66. The van der Waals surface area contributed by atoms with Crippen molar-refractivity contribution in [1.82, 2.24) is 0 Å². The van der Waals surface area contributed by atoms with Gasteiger partial charge in [0.2, 0.25) is 0 Å². The highest BCUT2D eigenvalue weighted by Gasteiger charge is 2.38. The van der Waals surface area contributed by atoms with Gasteiger partial charge in [0, 0.05) is 6.04 Å². The van der Waals surface area contributed by atoms with Crippen LogP contribution < -0.4 is 5.73 Å². The Hall–Kier alpha value is -0.390. The fourth-order valence-corrected chi connectivity index (χ4v) is 5.75. The van der Waals surface area contributed by atoms with Crippen molar-refractivity contribution in [3.05, 3.63) is 17.5 Å². The monoisotopic (exact) mass is 273 g/mol. The molecule has 1 heterocycles. The molecule has 0 bridgehead atoms.